The molecule has 1 N–H and O–H groups in total. The first kappa shape index (κ1) is 27.2. The van der Waals surface area contributed by atoms with Gasteiger partial charge in [0.05, 0.1) is 28.1 Å². The van der Waals surface area contributed by atoms with Crippen LogP contribution in [-0.4, -0.2) is 61.0 Å². The average Bonchev–Trinajstić information content (AvgIpc) is 2.93. The summed E-state index contributed by atoms with van der Waals surface area (Å²) >= 11 is 6.68. The SMILES string of the molecule is C=CC(=O)N1CCN(c2nc(=O)n(-c3c(C(C)C)nc[nH]c3=O)c3nc(-c4ccccc4F)c(Cl)cc23)[C@@H](C)C1. The van der Waals surface area contributed by atoms with Crippen molar-refractivity contribution in [3.63, 3.8) is 0 Å². The van der Waals surface area contributed by atoms with Gasteiger partial charge in [-0.1, -0.05) is 44.2 Å². The number of halogens is 2. The van der Waals surface area contributed by atoms with E-state index in [2.05, 4.69) is 26.5 Å². The summed E-state index contributed by atoms with van der Waals surface area (Å²) in [5, 5.41) is 0.529. The molecule has 1 aromatic carbocycles. The minimum Gasteiger partial charge on any atom is -0.350 e. The Hall–Kier alpha value is -4.38. The Kier molecular flexibility index (Phi) is 7.24. The van der Waals surface area contributed by atoms with Gasteiger partial charge in [-0.05, 0) is 37.1 Å². The van der Waals surface area contributed by atoms with E-state index in [9.17, 15) is 18.8 Å². The molecule has 0 saturated carbocycles. The molecule has 1 aliphatic heterocycles. The maximum atomic E-state index is 14.9. The van der Waals surface area contributed by atoms with E-state index >= 15 is 0 Å². The van der Waals surface area contributed by atoms with Gasteiger partial charge in [0, 0.05) is 31.2 Å². The normalized spacial score (nSPS) is 15.6. The van der Waals surface area contributed by atoms with Crippen molar-refractivity contribution >= 4 is 34.4 Å². The molecule has 0 unspecified atom stereocenters. The van der Waals surface area contributed by atoms with E-state index in [0.717, 1.165) is 4.57 Å². The highest BCUT2D eigenvalue weighted by Gasteiger charge is 2.30. The van der Waals surface area contributed by atoms with Gasteiger partial charge in [-0.25, -0.2) is 23.7 Å². The number of H-pyrrole nitrogens is 1. The second-order valence-electron chi connectivity index (χ2n) is 9.87. The van der Waals surface area contributed by atoms with E-state index < -0.39 is 17.1 Å². The first-order chi connectivity index (χ1) is 19.1. The number of anilines is 1. The number of aromatic amines is 1. The Labute approximate surface area is 233 Å². The van der Waals surface area contributed by atoms with Crippen molar-refractivity contribution in [2.75, 3.05) is 24.5 Å². The van der Waals surface area contributed by atoms with Crippen LogP contribution in [0.2, 0.25) is 5.02 Å². The van der Waals surface area contributed by atoms with Gasteiger partial charge in [0.1, 0.15) is 17.3 Å². The Morgan fingerprint density at radius 1 is 1.23 bits per heavy atom. The number of carbonyl (C=O) groups excluding carboxylic acids is 1. The second kappa shape index (κ2) is 10.6. The number of aromatic nitrogens is 5. The molecule has 206 valence electrons. The van der Waals surface area contributed by atoms with Gasteiger partial charge < -0.3 is 14.8 Å². The number of amides is 1. The topological polar surface area (TPSA) is 117 Å². The second-order valence-corrected chi connectivity index (χ2v) is 10.3. The first-order valence-corrected chi connectivity index (χ1v) is 13.1. The Balaban J connectivity index is 1.82. The first-order valence-electron chi connectivity index (χ1n) is 12.8. The summed E-state index contributed by atoms with van der Waals surface area (Å²) in [5.41, 5.74) is -0.625. The molecule has 1 fully saturated rings. The zero-order valence-corrected chi connectivity index (χ0v) is 22.9. The van der Waals surface area contributed by atoms with Crippen LogP contribution in [-0.2, 0) is 4.79 Å². The molecule has 0 radical (unpaired) electrons. The third-order valence-corrected chi connectivity index (χ3v) is 7.23. The van der Waals surface area contributed by atoms with Crippen LogP contribution >= 0.6 is 11.6 Å². The van der Waals surface area contributed by atoms with Crippen molar-refractivity contribution in [2.24, 2.45) is 0 Å². The molecule has 3 aromatic heterocycles. The standard InChI is InChI=1S/C28H27ClFN7O3/c1-5-21(38)35-10-11-36(16(4)13-35)25-18-12-19(29)23(17-8-6-7-9-20(17)30)33-26(18)37(28(40)34-25)24-22(15(2)3)31-14-32-27(24)39/h5-9,12,14-16H,1,10-11,13H2,2-4H3,(H,31,32,39)/t16-/m0/s1. The summed E-state index contributed by atoms with van der Waals surface area (Å²) in [7, 11) is 0. The molecule has 0 bridgehead atoms. The molecule has 5 rings (SSSR count). The fraction of sp³-hybridized carbons (Fsp3) is 0.286. The van der Waals surface area contributed by atoms with E-state index in [4.69, 9.17) is 11.6 Å². The average molecular weight is 564 g/mol. The summed E-state index contributed by atoms with van der Waals surface area (Å²) in [6.07, 6.45) is 2.54. The number of nitrogens with one attached hydrogen (secondary N) is 1. The highest BCUT2D eigenvalue weighted by atomic mass is 35.5. The zero-order valence-electron chi connectivity index (χ0n) is 22.2. The molecule has 4 heterocycles. The lowest BCUT2D eigenvalue weighted by molar-refractivity contribution is -0.126. The zero-order chi connectivity index (χ0) is 28.7. The summed E-state index contributed by atoms with van der Waals surface area (Å²) in [5.74, 6) is -0.641. The Morgan fingerprint density at radius 2 is 1.98 bits per heavy atom. The number of piperazine rings is 1. The van der Waals surface area contributed by atoms with Crippen LogP contribution in [0, 0.1) is 5.82 Å². The molecule has 12 heteroatoms. The minimum atomic E-state index is -0.756. The predicted molar refractivity (Wildman–Crippen MR) is 152 cm³/mol. The summed E-state index contributed by atoms with van der Waals surface area (Å²) in [4.78, 5) is 58.6. The van der Waals surface area contributed by atoms with Gasteiger partial charge in [-0.3, -0.25) is 9.59 Å². The summed E-state index contributed by atoms with van der Waals surface area (Å²) < 4.78 is 16.0. The molecule has 1 atom stereocenters. The van der Waals surface area contributed by atoms with Crippen molar-refractivity contribution in [3.8, 4) is 16.9 Å². The summed E-state index contributed by atoms with van der Waals surface area (Å²) in [6, 6.07) is 7.39. The van der Waals surface area contributed by atoms with Gasteiger partial charge in [0.2, 0.25) is 5.91 Å². The van der Waals surface area contributed by atoms with Crippen molar-refractivity contribution in [1.82, 2.24) is 29.4 Å². The van der Waals surface area contributed by atoms with Gasteiger partial charge in [-0.2, -0.15) is 4.98 Å². The molecule has 40 heavy (non-hydrogen) atoms. The number of rotatable bonds is 5. The lowest BCUT2D eigenvalue weighted by Gasteiger charge is -2.40. The lowest BCUT2D eigenvalue weighted by Crippen LogP contribution is -2.54. The van der Waals surface area contributed by atoms with E-state index in [1.807, 2.05) is 25.7 Å². The molecule has 0 spiro atoms. The Morgan fingerprint density at radius 3 is 2.65 bits per heavy atom. The molecule has 1 saturated heterocycles. The van der Waals surface area contributed by atoms with Crippen LogP contribution in [0.1, 0.15) is 32.4 Å². The number of nitrogens with zero attached hydrogens (tertiary/aromatic N) is 6. The highest BCUT2D eigenvalue weighted by Crippen LogP contribution is 2.35. The highest BCUT2D eigenvalue weighted by molar-refractivity contribution is 6.33. The van der Waals surface area contributed by atoms with Crippen molar-refractivity contribution < 1.29 is 9.18 Å². The molecule has 4 aromatic rings. The largest absolute Gasteiger partial charge is 0.356 e. The minimum absolute atomic E-state index is 0.0182. The van der Waals surface area contributed by atoms with Crippen LogP contribution in [0.5, 0.6) is 0 Å². The van der Waals surface area contributed by atoms with Gasteiger partial charge >= 0.3 is 5.69 Å². The monoisotopic (exact) mass is 563 g/mol. The van der Waals surface area contributed by atoms with E-state index in [-0.39, 0.29) is 45.5 Å². The van der Waals surface area contributed by atoms with E-state index in [1.54, 1.807) is 23.1 Å². The van der Waals surface area contributed by atoms with Gasteiger partial charge in [0.15, 0.2) is 5.65 Å². The van der Waals surface area contributed by atoms with Crippen LogP contribution in [0.15, 0.2) is 58.9 Å². The van der Waals surface area contributed by atoms with E-state index in [1.165, 1.54) is 24.5 Å². The maximum absolute atomic E-state index is 14.9. The van der Waals surface area contributed by atoms with Crippen LogP contribution in [0.4, 0.5) is 10.2 Å². The summed E-state index contributed by atoms with van der Waals surface area (Å²) in [6.45, 7) is 10.3. The molecule has 10 nitrogen and oxygen atoms in total. The molecule has 1 amide bonds. The van der Waals surface area contributed by atoms with Gasteiger partial charge in [0.25, 0.3) is 5.56 Å². The predicted octanol–water partition coefficient (Wildman–Crippen LogP) is 3.67. The van der Waals surface area contributed by atoms with Gasteiger partial charge in [-0.15, -0.1) is 0 Å². The van der Waals surface area contributed by atoms with Crippen molar-refractivity contribution in [3.05, 3.63) is 86.7 Å². The number of carbonyl (C=O) groups is 1. The van der Waals surface area contributed by atoms with Crippen LogP contribution < -0.4 is 16.1 Å². The van der Waals surface area contributed by atoms with E-state index in [0.29, 0.717) is 36.5 Å². The number of pyridine rings is 1. The molecular weight excluding hydrogens is 537 g/mol. The maximum Gasteiger partial charge on any atom is 0.356 e. The lowest BCUT2D eigenvalue weighted by atomic mass is 10.1. The fourth-order valence-corrected chi connectivity index (χ4v) is 5.27. The molecule has 0 aliphatic carbocycles. The quantitative estimate of drug-likeness (QED) is 0.368. The van der Waals surface area contributed by atoms with Crippen LogP contribution in [0.25, 0.3) is 28.0 Å². The fourth-order valence-electron chi connectivity index (χ4n) is 5.01. The molecule has 1 aliphatic rings. The number of fused-ring (bicyclic) bond motifs is 1. The van der Waals surface area contributed by atoms with Crippen LogP contribution in [0.3, 0.4) is 0 Å². The van der Waals surface area contributed by atoms with Crippen molar-refractivity contribution in [2.45, 2.75) is 32.7 Å². The smallest absolute Gasteiger partial charge is 0.350 e. The Bertz CT molecular complexity index is 1770. The third-order valence-electron chi connectivity index (χ3n) is 6.94. The number of benzene rings is 1. The molecular formula is C28H27ClFN7O3. The van der Waals surface area contributed by atoms with Crippen molar-refractivity contribution in [1.29, 1.82) is 0 Å². The third kappa shape index (κ3) is 4.66. The number of hydrogen-bond donors (Lipinski definition) is 1. The number of hydrogen-bond acceptors (Lipinski definition) is 7.